The first kappa shape index (κ1) is 116. The SMILES string of the molecule is CCCCCCCCCC(=O)[O-].CCCCCCCCCC(=O)[O-].CCCCCCCCCC(=O)[O-].CCCCCCCCCC(=O)[O-].CCCCCCCCCC(=O)[O-].CCCCCCCCCC(=O)[O-].CCCCCCCCCC(=O)[O-].CCCCCCCCCC(=O)[O-].[B+3].[Sb+3]. The van der Waals surface area contributed by atoms with Crippen molar-refractivity contribution in [1.29, 1.82) is 0 Å². The van der Waals surface area contributed by atoms with Crippen LogP contribution in [0.2, 0.25) is 0 Å². The molecule has 578 valence electrons. The van der Waals surface area contributed by atoms with Gasteiger partial charge in [0.1, 0.15) is 0 Å². The molecular weight excluding hydrogens is 1350 g/mol. The molecule has 0 N–H and O–H groups in total. The number of unbranched alkanes of at least 4 members (excludes halogenated alkanes) is 48. The molecule has 0 amide bonds. The van der Waals surface area contributed by atoms with Gasteiger partial charge in [0.25, 0.3) is 0 Å². The zero-order valence-corrected chi connectivity index (χ0v) is 67.4. The van der Waals surface area contributed by atoms with Crippen LogP contribution in [0.25, 0.3) is 0 Å². The molecule has 2 radical (unpaired) electrons. The smallest absolute Gasteiger partial charge is 0.550 e. The Hall–Kier alpha value is -3.36. The summed E-state index contributed by atoms with van der Waals surface area (Å²) in [5, 5.41) is 80.2. The molecule has 0 aliphatic rings. The average Bonchev–Trinajstić information content (AvgIpc) is 3.56. The van der Waals surface area contributed by atoms with Crippen LogP contribution >= 0.6 is 0 Å². The Morgan fingerprint density at radius 1 is 0.143 bits per heavy atom. The largest absolute Gasteiger partial charge is 3.00 e. The van der Waals surface area contributed by atoms with Gasteiger partial charge in [-0.15, -0.1) is 0 Å². The van der Waals surface area contributed by atoms with E-state index in [9.17, 15) is 79.2 Å². The molecule has 18 heteroatoms. The molecular formula is C80H152BO16Sb-2. The number of rotatable bonds is 64. The monoisotopic (exact) mass is 1500 g/mol. The van der Waals surface area contributed by atoms with E-state index in [-0.39, 0.29) is 84.2 Å². The molecule has 16 nitrogen and oxygen atoms in total. The maximum atomic E-state index is 10.0. The van der Waals surface area contributed by atoms with Crippen LogP contribution in [-0.2, 0) is 38.4 Å². The van der Waals surface area contributed by atoms with Crippen LogP contribution < -0.4 is 40.9 Å². The number of hydrogen-bond donors (Lipinski definition) is 0. The van der Waals surface area contributed by atoms with Crippen LogP contribution in [0.4, 0.5) is 0 Å². The first-order valence-electron chi connectivity index (χ1n) is 39.8. The molecule has 0 aliphatic carbocycles. The fourth-order valence-corrected chi connectivity index (χ4v) is 9.81. The number of carboxylic acids is 8. The second-order valence-electron chi connectivity index (χ2n) is 25.9. The summed E-state index contributed by atoms with van der Waals surface area (Å²) >= 11 is 0. The predicted molar refractivity (Wildman–Crippen MR) is 392 cm³/mol. The Kier molecular flexibility index (Phi) is 133. The van der Waals surface area contributed by atoms with E-state index < -0.39 is 47.8 Å². The zero-order chi connectivity index (χ0) is 73.9. The molecule has 0 saturated carbocycles. The third-order valence-corrected chi connectivity index (χ3v) is 15.9. The van der Waals surface area contributed by atoms with E-state index in [1.807, 2.05) is 0 Å². The molecule has 0 rings (SSSR count). The van der Waals surface area contributed by atoms with Crippen molar-refractivity contribution in [3.05, 3.63) is 0 Å². The summed E-state index contributed by atoms with van der Waals surface area (Å²) in [6.45, 7) is 17.5. The van der Waals surface area contributed by atoms with E-state index in [1.54, 1.807) is 0 Å². The van der Waals surface area contributed by atoms with Gasteiger partial charge in [-0.25, -0.2) is 0 Å². The summed E-state index contributed by atoms with van der Waals surface area (Å²) < 4.78 is 0. The Balaban J connectivity index is -0.000000113. The fourth-order valence-electron chi connectivity index (χ4n) is 9.81. The normalized spacial score (nSPS) is 9.88. The Labute approximate surface area is 622 Å². The summed E-state index contributed by atoms with van der Waals surface area (Å²) in [5.74, 6) is -7.31. The van der Waals surface area contributed by atoms with Crippen molar-refractivity contribution >= 4 is 80.6 Å². The van der Waals surface area contributed by atoms with Gasteiger partial charge in [0, 0.05) is 47.8 Å². The Bertz CT molecular complexity index is 1240. The minimum Gasteiger partial charge on any atom is -0.550 e. The summed E-state index contributed by atoms with van der Waals surface area (Å²) in [6, 6.07) is 0. The summed E-state index contributed by atoms with van der Waals surface area (Å²) in [6.07, 6.45) is 66.7. The van der Waals surface area contributed by atoms with Crippen LogP contribution in [0.5, 0.6) is 0 Å². The molecule has 0 saturated heterocycles. The maximum absolute atomic E-state index is 10.0. The summed E-state index contributed by atoms with van der Waals surface area (Å²) in [5.41, 5.74) is 0. The Morgan fingerprint density at radius 2 is 0.204 bits per heavy atom. The van der Waals surface area contributed by atoms with Gasteiger partial charge in [-0.3, -0.25) is 0 Å². The van der Waals surface area contributed by atoms with Gasteiger partial charge < -0.3 is 79.2 Å². The minimum absolute atomic E-state index is 0. The maximum Gasteiger partial charge on any atom is 3.00 e. The van der Waals surface area contributed by atoms with E-state index in [1.165, 1.54) is 257 Å². The number of hydrogen-bond acceptors (Lipinski definition) is 16. The standard InChI is InChI=1S/8C10H20O2.B.Sb/c8*1-2-3-4-5-6-7-8-9-10(11)12;;/h8*2-9H2,1H3,(H,11,12);;/q;;;;;;;;2*+3/p-8. The van der Waals surface area contributed by atoms with E-state index >= 15 is 0 Å². The van der Waals surface area contributed by atoms with Gasteiger partial charge in [-0.1, -0.05) is 364 Å². The third-order valence-electron chi connectivity index (χ3n) is 15.9. The second kappa shape index (κ2) is 112. The second-order valence-corrected chi connectivity index (χ2v) is 25.9. The molecule has 0 aliphatic heterocycles. The molecule has 0 aromatic carbocycles. The minimum atomic E-state index is -0.913. The van der Waals surface area contributed by atoms with Crippen molar-refractivity contribution in [2.45, 2.75) is 466 Å². The van der Waals surface area contributed by atoms with E-state index in [4.69, 9.17) is 0 Å². The van der Waals surface area contributed by atoms with Gasteiger partial charge in [0.05, 0.1) is 0 Å². The van der Waals surface area contributed by atoms with Crippen molar-refractivity contribution in [2.24, 2.45) is 0 Å². The van der Waals surface area contributed by atoms with Crippen molar-refractivity contribution in [2.75, 3.05) is 0 Å². The number of aliphatic carboxylic acids is 8. The van der Waals surface area contributed by atoms with Crippen molar-refractivity contribution < 1.29 is 79.2 Å². The van der Waals surface area contributed by atoms with Crippen LogP contribution in [-0.4, -0.2) is 80.6 Å². The summed E-state index contributed by atoms with van der Waals surface area (Å²) in [4.78, 5) is 80.2. The average molecular weight is 1500 g/mol. The van der Waals surface area contributed by atoms with Crippen molar-refractivity contribution in [3.8, 4) is 0 Å². The molecule has 0 spiro atoms. The van der Waals surface area contributed by atoms with Crippen molar-refractivity contribution in [3.63, 3.8) is 0 Å². The fraction of sp³-hybridized carbons (Fsp3) is 0.900. The first-order chi connectivity index (χ1) is 46.2. The van der Waals surface area contributed by atoms with E-state index in [0.717, 1.165) is 103 Å². The predicted octanol–water partition coefficient (Wildman–Crippen LogP) is 14.3. The molecule has 0 fully saturated rings. The van der Waals surface area contributed by atoms with Gasteiger partial charge >= 0.3 is 32.8 Å². The quantitative estimate of drug-likeness (QED) is 0.0403. The molecule has 0 aromatic heterocycles. The topological polar surface area (TPSA) is 321 Å². The van der Waals surface area contributed by atoms with Gasteiger partial charge in [0.15, 0.2) is 0 Å². The van der Waals surface area contributed by atoms with Crippen LogP contribution in [0, 0.1) is 0 Å². The molecule has 0 bridgehead atoms. The number of carboxylic acid groups (broad SMARTS) is 8. The van der Waals surface area contributed by atoms with Crippen molar-refractivity contribution in [1.82, 2.24) is 0 Å². The van der Waals surface area contributed by atoms with Gasteiger partial charge in [-0.05, 0) is 103 Å². The molecule has 0 unspecified atom stereocenters. The van der Waals surface area contributed by atoms with E-state index in [2.05, 4.69) is 55.4 Å². The van der Waals surface area contributed by atoms with E-state index in [0.29, 0.717) is 0 Å². The first-order valence-corrected chi connectivity index (χ1v) is 39.8. The van der Waals surface area contributed by atoms with Crippen LogP contribution in [0.1, 0.15) is 466 Å². The third kappa shape index (κ3) is 165. The zero-order valence-electron chi connectivity index (χ0n) is 64.8. The van der Waals surface area contributed by atoms with Crippen LogP contribution in [0.3, 0.4) is 0 Å². The van der Waals surface area contributed by atoms with Gasteiger partial charge in [0.2, 0.25) is 0 Å². The van der Waals surface area contributed by atoms with Crippen LogP contribution in [0.15, 0.2) is 0 Å². The number of carbonyl (C=O) groups excluding carboxylic acids is 8. The molecule has 98 heavy (non-hydrogen) atoms. The molecule has 0 atom stereocenters. The van der Waals surface area contributed by atoms with Gasteiger partial charge in [-0.2, -0.15) is 0 Å². The Morgan fingerprint density at radius 3 is 0.265 bits per heavy atom. The summed E-state index contributed by atoms with van der Waals surface area (Å²) in [7, 11) is 0. The molecule has 0 heterocycles. The number of carbonyl (C=O) groups is 8. The molecule has 0 aromatic rings.